The number of amides is 2. The Labute approximate surface area is 186 Å². The molecule has 31 heavy (non-hydrogen) atoms. The van der Waals surface area contributed by atoms with Crippen molar-refractivity contribution in [3.05, 3.63) is 82.4 Å². The molecule has 0 bridgehead atoms. The van der Waals surface area contributed by atoms with E-state index in [1.165, 1.54) is 4.90 Å². The van der Waals surface area contributed by atoms with Crippen LogP contribution in [0.1, 0.15) is 28.1 Å². The lowest BCUT2D eigenvalue weighted by atomic mass is 10.0. The fourth-order valence-corrected chi connectivity index (χ4v) is 4.10. The molecule has 0 atom stereocenters. The van der Waals surface area contributed by atoms with Gasteiger partial charge in [-0.25, -0.2) is 0 Å². The standard InChI is InChI=1S/C24H22N4O2S/c1-14-7-5-9-21(16(14)3)28-23(30)20(22(29)26-24(28)31)12-18-11-15(2)27(17(18)4)19-8-6-10-25-13-19/h5-13H,1-4H3,(H,26,29,31)/b20-12+. The summed E-state index contributed by atoms with van der Waals surface area (Å²) in [6, 6.07) is 11.4. The van der Waals surface area contributed by atoms with Gasteiger partial charge in [-0.15, -0.1) is 0 Å². The number of thiocarbonyl (C=S) groups is 1. The zero-order valence-electron chi connectivity index (χ0n) is 17.8. The molecule has 0 radical (unpaired) electrons. The number of carbonyl (C=O) groups excluding carboxylic acids is 2. The smallest absolute Gasteiger partial charge is 0.270 e. The third-order valence-corrected chi connectivity index (χ3v) is 5.88. The molecule has 1 N–H and O–H groups in total. The first kappa shape index (κ1) is 20.7. The van der Waals surface area contributed by atoms with E-state index in [1.807, 2.05) is 68.7 Å². The molecule has 156 valence electrons. The highest BCUT2D eigenvalue weighted by Gasteiger charge is 2.35. The number of hydrogen-bond acceptors (Lipinski definition) is 4. The zero-order chi connectivity index (χ0) is 22.3. The van der Waals surface area contributed by atoms with Gasteiger partial charge in [0.2, 0.25) is 0 Å². The largest absolute Gasteiger partial charge is 0.316 e. The molecule has 0 spiro atoms. The molecular weight excluding hydrogens is 408 g/mol. The maximum absolute atomic E-state index is 13.4. The predicted molar refractivity (Wildman–Crippen MR) is 125 cm³/mol. The number of anilines is 1. The van der Waals surface area contributed by atoms with Crippen LogP contribution in [0.25, 0.3) is 11.8 Å². The quantitative estimate of drug-likeness (QED) is 0.388. The van der Waals surface area contributed by atoms with E-state index < -0.39 is 11.8 Å². The fraction of sp³-hybridized carbons (Fsp3) is 0.167. The number of carbonyl (C=O) groups is 2. The van der Waals surface area contributed by atoms with Crippen LogP contribution in [0.15, 0.2) is 54.4 Å². The second-order valence-corrected chi connectivity index (χ2v) is 7.94. The summed E-state index contributed by atoms with van der Waals surface area (Å²) in [6.07, 6.45) is 5.12. The summed E-state index contributed by atoms with van der Waals surface area (Å²) in [4.78, 5) is 31.6. The van der Waals surface area contributed by atoms with E-state index in [1.54, 1.807) is 18.5 Å². The van der Waals surface area contributed by atoms with Crippen LogP contribution in [-0.4, -0.2) is 26.5 Å². The lowest BCUT2D eigenvalue weighted by Gasteiger charge is -2.30. The van der Waals surface area contributed by atoms with Gasteiger partial charge in [0.05, 0.1) is 17.6 Å². The van der Waals surface area contributed by atoms with E-state index in [0.717, 1.165) is 33.8 Å². The van der Waals surface area contributed by atoms with Crippen LogP contribution in [0.5, 0.6) is 0 Å². The average molecular weight is 431 g/mol. The minimum atomic E-state index is -0.497. The summed E-state index contributed by atoms with van der Waals surface area (Å²) in [6.45, 7) is 7.83. The number of nitrogens with one attached hydrogen (secondary N) is 1. The number of pyridine rings is 1. The van der Waals surface area contributed by atoms with E-state index in [4.69, 9.17) is 12.2 Å². The van der Waals surface area contributed by atoms with E-state index in [9.17, 15) is 9.59 Å². The summed E-state index contributed by atoms with van der Waals surface area (Å²) in [5.41, 5.74) is 6.27. The minimum absolute atomic E-state index is 0.0425. The van der Waals surface area contributed by atoms with Crippen LogP contribution in [0.2, 0.25) is 0 Å². The van der Waals surface area contributed by atoms with Crippen molar-refractivity contribution in [2.45, 2.75) is 27.7 Å². The zero-order valence-corrected chi connectivity index (χ0v) is 18.6. The van der Waals surface area contributed by atoms with Gasteiger partial charge in [0, 0.05) is 17.6 Å². The lowest BCUT2D eigenvalue weighted by molar-refractivity contribution is -0.122. The van der Waals surface area contributed by atoms with Crippen LogP contribution in [-0.2, 0) is 9.59 Å². The van der Waals surface area contributed by atoms with E-state index in [-0.39, 0.29) is 10.7 Å². The predicted octanol–water partition coefficient (Wildman–Crippen LogP) is 3.94. The maximum Gasteiger partial charge on any atom is 0.270 e. The molecule has 7 heteroatoms. The van der Waals surface area contributed by atoms with Crippen molar-refractivity contribution < 1.29 is 9.59 Å². The Morgan fingerprint density at radius 3 is 2.55 bits per heavy atom. The second kappa shape index (κ2) is 7.92. The number of rotatable bonds is 3. The Morgan fingerprint density at radius 1 is 1.06 bits per heavy atom. The SMILES string of the molecule is Cc1cccc(N2C(=O)/C(=C/c3cc(C)n(-c4cccnc4)c3C)C(=O)NC2=S)c1C. The molecule has 0 unspecified atom stereocenters. The number of benzene rings is 1. The third-order valence-electron chi connectivity index (χ3n) is 5.59. The van der Waals surface area contributed by atoms with Gasteiger partial charge >= 0.3 is 0 Å². The first-order chi connectivity index (χ1) is 14.8. The number of nitrogens with zero attached hydrogens (tertiary/aromatic N) is 3. The Hall–Kier alpha value is -3.58. The lowest BCUT2D eigenvalue weighted by Crippen LogP contribution is -2.54. The second-order valence-electron chi connectivity index (χ2n) is 7.55. The highest BCUT2D eigenvalue weighted by atomic mass is 32.1. The van der Waals surface area contributed by atoms with Crippen molar-refractivity contribution in [2.75, 3.05) is 4.90 Å². The molecule has 1 saturated heterocycles. The van der Waals surface area contributed by atoms with Crippen LogP contribution in [0.3, 0.4) is 0 Å². The highest BCUT2D eigenvalue weighted by Crippen LogP contribution is 2.28. The number of aryl methyl sites for hydroxylation is 2. The topological polar surface area (TPSA) is 67.2 Å². The molecular formula is C24H22N4O2S. The summed E-state index contributed by atoms with van der Waals surface area (Å²) < 4.78 is 2.04. The van der Waals surface area contributed by atoms with Gasteiger partial charge in [0.1, 0.15) is 5.57 Å². The molecule has 1 fully saturated rings. The highest BCUT2D eigenvalue weighted by molar-refractivity contribution is 7.80. The van der Waals surface area contributed by atoms with Gasteiger partial charge in [-0.05, 0) is 86.9 Å². The normalized spacial score (nSPS) is 15.5. The molecule has 1 aromatic carbocycles. The van der Waals surface area contributed by atoms with Gasteiger partial charge < -0.3 is 4.57 Å². The van der Waals surface area contributed by atoms with E-state index in [0.29, 0.717) is 5.69 Å². The van der Waals surface area contributed by atoms with Crippen molar-refractivity contribution in [3.63, 3.8) is 0 Å². The Kier molecular flexibility index (Phi) is 5.29. The summed E-state index contributed by atoms with van der Waals surface area (Å²) >= 11 is 5.33. The van der Waals surface area contributed by atoms with Gasteiger partial charge in [-0.1, -0.05) is 12.1 Å². The van der Waals surface area contributed by atoms with Crippen LogP contribution in [0, 0.1) is 27.7 Å². The van der Waals surface area contributed by atoms with Gasteiger partial charge in [-0.2, -0.15) is 0 Å². The maximum atomic E-state index is 13.4. The average Bonchev–Trinajstić information content (AvgIpc) is 3.02. The monoisotopic (exact) mass is 430 g/mol. The van der Waals surface area contributed by atoms with Crippen LogP contribution >= 0.6 is 12.2 Å². The Morgan fingerprint density at radius 2 is 1.84 bits per heavy atom. The number of hydrogen-bond donors (Lipinski definition) is 1. The first-order valence-electron chi connectivity index (χ1n) is 9.86. The molecule has 0 saturated carbocycles. The molecule has 3 aromatic rings. The molecule has 1 aliphatic rings. The number of aromatic nitrogens is 2. The third kappa shape index (κ3) is 3.57. The molecule has 0 aliphatic carbocycles. The van der Waals surface area contributed by atoms with Crippen molar-refractivity contribution in [3.8, 4) is 5.69 Å². The van der Waals surface area contributed by atoms with E-state index in [2.05, 4.69) is 10.3 Å². The fourth-order valence-electron chi connectivity index (χ4n) is 3.83. The summed E-state index contributed by atoms with van der Waals surface area (Å²) in [7, 11) is 0. The molecule has 4 rings (SSSR count). The van der Waals surface area contributed by atoms with Crippen molar-refractivity contribution in [1.29, 1.82) is 0 Å². The van der Waals surface area contributed by atoms with Crippen molar-refractivity contribution >= 4 is 40.9 Å². The van der Waals surface area contributed by atoms with Crippen molar-refractivity contribution in [2.24, 2.45) is 0 Å². The Balaban J connectivity index is 1.79. The molecule has 2 aromatic heterocycles. The molecule has 2 amide bonds. The van der Waals surface area contributed by atoms with E-state index >= 15 is 0 Å². The van der Waals surface area contributed by atoms with Crippen LogP contribution in [0.4, 0.5) is 5.69 Å². The van der Waals surface area contributed by atoms with Gasteiger partial charge in [0.15, 0.2) is 5.11 Å². The van der Waals surface area contributed by atoms with Crippen LogP contribution < -0.4 is 10.2 Å². The molecule has 3 heterocycles. The van der Waals surface area contributed by atoms with Crippen molar-refractivity contribution in [1.82, 2.24) is 14.9 Å². The molecule has 6 nitrogen and oxygen atoms in total. The molecule has 1 aliphatic heterocycles. The minimum Gasteiger partial charge on any atom is -0.316 e. The summed E-state index contributed by atoms with van der Waals surface area (Å²) in [5, 5.41) is 2.75. The van der Waals surface area contributed by atoms with Gasteiger partial charge in [0.25, 0.3) is 11.8 Å². The van der Waals surface area contributed by atoms with Gasteiger partial charge in [-0.3, -0.25) is 24.8 Å². The Bertz CT molecular complexity index is 1260. The first-order valence-corrected chi connectivity index (χ1v) is 10.3. The summed E-state index contributed by atoms with van der Waals surface area (Å²) in [5.74, 6) is -0.934.